The van der Waals surface area contributed by atoms with Crippen LogP contribution in [-0.2, 0) is 0 Å². The molecule has 2 N–H and O–H groups in total. The normalized spacial score (nSPS) is 12.2. The number of aliphatic hydroxyl groups excluding tert-OH is 1. The van der Waals surface area contributed by atoms with Crippen LogP contribution in [0.2, 0.25) is 0 Å². The van der Waals surface area contributed by atoms with Gasteiger partial charge in [0.05, 0.1) is 23.1 Å². The predicted molar refractivity (Wildman–Crippen MR) is 86.2 cm³/mol. The quantitative estimate of drug-likeness (QED) is 0.852. The highest BCUT2D eigenvalue weighted by molar-refractivity contribution is 5.96. The molecule has 1 heterocycles. The van der Waals surface area contributed by atoms with Gasteiger partial charge >= 0.3 is 0 Å². The number of aryl methyl sites for hydroxylation is 1. The van der Waals surface area contributed by atoms with E-state index in [2.05, 4.69) is 10.4 Å². The number of nitrogens with zero attached hydrogens (tertiary/aromatic N) is 2. The van der Waals surface area contributed by atoms with Crippen molar-refractivity contribution in [2.24, 2.45) is 0 Å². The maximum absolute atomic E-state index is 14.0. The van der Waals surface area contributed by atoms with Crippen LogP contribution in [0, 0.1) is 25.5 Å². The number of rotatable bonds is 6. The van der Waals surface area contributed by atoms with E-state index in [1.165, 1.54) is 10.7 Å². The third-order valence-electron chi connectivity index (χ3n) is 3.89. The fourth-order valence-corrected chi connectivity index (χ4v) is 2.50. The molecular weight excluding hydrogens is 316 g/mol. The zero-order chi connectivity index (χ0) is 17.9. The molecule has 1 aromatic heterocycles. The second kappa shape index (κ2) is 7.53. The molecule has 0 aliphatic rings. The first-order chi connectivity index (χ1) is 11.3. The molecule has 0 bridgehead atoms. The standard InChI is InChI=1S/C17H21F2N3O2/c1-4-13(23)7-8-20-17(24)16-10(2)21-22(11(16)3)15-6-5-12(18)9-14(15)19/h5-6,9,13,23H,4,7-8H2,1-3H3,(H,20,24). The minimum absolute atomic E-state index is 0.0810. The van der Waals surface area contributed by atoms with Gasteiger partial charge < -0.3 is 10.4 Å². The number of hydrogen-bond acceptors (Lipinski definition) is 3. The second-order valence-corrected chi connectivity index (χ2v) is 5.66. The van der Waals surface area contributed by atoms with Crippen molar-refractivity contribution < 1.29 is 18.7 Å². The smallest absolute Gasteiger partial charge is 0.255 e. The number of carbonyl (C=O) groups is 1. The molecule has 2 rings (SSSR count). The third-order valence-corrected chi connectivity index (χ3v) is 3.89. The number of amides is 1. The van der Waals surface area contributed by atoms with Gasteiger partial charge in [0, 0.05) is 12.6 Å². The van der Waals surface area contributed by atoms with Gasteiger partial charge in [-0.05, 0) is 38.8 Å². The molecule has 2 aromatic rings. The molecule has 0 radical (unpaired) electrons. The summed E-state index contributed by atoms with van der Waals surface area (Å²) in [5.74, 6) is -1.76. The Bertz CT molecular complexity index is 744. The van der Waals surface area contributed by atoms with Crippen molar-refractivity contribution >= 4 is 5.91 Å². The molecular formula is C17H21F2N3O2. The van der Waals surface area contributed by atoms with Gasteiger partial charge in [-0.3, -0.25) is 4.79 Å². The highest BCUT2D eigenvalue weighted by atomic mass is 19.1. The maximum atomic E-state index is 14.0. The van der Waals surface area contributed by atoms with Crippen LogP contribution in [0.5, 0.6) is 0 Å². The van der Waals surface area contributed by atoms with Crippen molar-refractivity contribution in [3.05, 3.63) is 46.8 Å². The van der Waals surface area contributed by atoms with E-state index in [1.807, 2.05) is 6.92 Å². The molecule has 1 unspecified atom stereocenters. The minimum atomic E-state index is -0.751. The summed E-state index contributed by atoms with van der Waals surface area (Å²) in [5, 5.41) is 16.4. The van der Waals surface area contributed by atoms with Gasteiger partial charge in [0.2, 0.25) is 0 Å². The largest absolute Gasteiger partial charge is 0.393 e. The van der Waals surface area contributed by atoms with E-state index in [1.54, 1.807) is 13.8 Å². The monoisotopic (exact) mass is 337 g/mol. The van der Waals surface area contributed by atoms with Gasteiger partial charge in [-0.1, -0.05) is 6.92 Å². The molecule has 0 saturated carbocycles. The average Bonchev–Trinajstić information content (AvgIpc) is 2.81. The van der Waals surface area contributed by atoms with Gasteiger partial charge in [-0.15, -0.1) is 0 Å². The molecule has 5 nitrogen and oxygen atoms in total. The molecule has 1 aromatic carbocycles. The Kier molecular flexibility index (Phi) is 5.66. The first-order valence-corrected chi connectivity index (χ1v) is 7.83. The lowest BCUT2D eigenvalue weighted by Crippen LogP contribution is -2.27. The van der Waals surface area contributed by atoms with Crippen LogP contribution in [0.25, 0.3) is 5.69 Å². The van der Waals surface area contributed by atoms with Crippen molar-refractivity contribution in [1.29, 1.82) is 0 Å². The first-order valence-electron chi connectivity index (χ1n) is 7.83. The van der Waals surface area contributed by atoms with Gasteiger partial charge in [0.15, 0.2) is 5.82 Å². The molecule has 130 valence electrons. The van der Waals surface area contributed by atoms with Gasteiger partial charge in [0.25, 0.3) is 5.91 Å². The molecule has 0 fully saturated rings. The second-order valence-electron chi connectivity index (χ2n) is 5.66. The number of halogens is 2. The lowest BCUT2D eigenvalue weighted by atomic mass is 10.1. The van der Waals surface area contributed by atoms with Gasteiger partial charge in [-0.25, -0.2) is 13.5 Å². The number of hydrogen-bond donors (Lipinski definition) is 2. The molecule has 1 atom stereocenters. The number of aliphatic hydroxyl groups is 1. The summed E-state index contributed by atoms with van der Waals surface area (Å²) in [4.78, 5) is 12.3. The summed E-state index contributed by atoms with van der Waals surface area (Å²) < 4.78 is 28.3. The Morgan fingerprint density at radius 3 is 2.71 bits per heavy atom. The van der Waals surface area contributed by atoms with Crippen molar-refractivity contribution in [2.75, 3.05) is 6.54 Å². The molecule has 1 amide bonds. The van der Waals surface area contributed by atoms with Crippen LogP contribution >= 0.6 is 0 Å². The molecule has 24 heavy (non-hydrogen) atoms. The highest BCUT2D eigenvalue weighted by Gasteiger charge is 2.20. The van der Waals surface area contributed by atoms with Gasteiger partial charge in [0.1, 0.15) is 11.5 Å². The predicted octanol–water partition coefficient (Wildman–Crippen LogP) is 2.66. The van der Waals surface area contributed by atoms with Crippen molar-refractivity contribution in [1.82, 2.24) is 15.1 Å². The topological polar surface area (TPSA) is 67.2 Å². The SMILES string of the molecule is CCC(O)CCNC(=O)c1c(C)nn(-c2ccc(F)cc2F)c1C. The Morgan fingerprint density at radius 2 is 2.08 bits per heavy atom. The number of aromatic nitrogens is 2. The minimum Gasteiger partial charge on any atom is -0.393 e. The van der Waals surface area contributed by atoms with E-state index in [-0.39, 0.29) is 11.6 Å². The fraction of sp³-hybridized carbons (Fsp3) is 0.412. The van der Waals surface area contributed by atoms with E-state index < -0.39 is 17.7 Å². The van der Waals surface area contributed by atoms with Crippen molar-refractivity contribution in [2.45, 2.75) is 39.7 Å². The van der Waals surface area contributed by atoms with Crippen LogP contribution in [0.15, 0.2) is 18.2 Å². The summed E-state index contributed by atoms with van der Waals surface area (Å²) in [6.45, 7) is 5.50. The Labute approximate surface area is 139 Å². The number of benzene rings is 1. The van der Waals surface area contributed by atoms with Crippen LogP contribution in [0.4, 0.5) is 8.78 Å². The lowest BCUT2D eigenvalue weighted by Gasteiger charge is -2.09. The van der Waals surface area contributed by atoms with E-state index >= 15 is 0 Å². The van der Waals surface area contributed by atoms with Gasteiger partial charge in [-0.2, -0.15) is 5.10 Å². The Morgan fingerprint density at radius 1 is 1.38 bits per heavy atom. The first kappa shape index (κ1) is 18.1. The van der Waals surface area contributed by atoms with E-state index in [9.17, 15) is 18.7 Å². The summed E-state index contributed by atoms with van der Waals surface area (Å²) >= 11 is 0. The van der Waals surface area contributed by atoms with Crippen molar-refractivity contribution in [3.63, 3.8) is 0 Å². The molecule has 0 aliphatic carbocycles. The molecule has 7 heteroatoms. The van der Waals surface area contributed by atoms with Crippen LogP contribution in [-0.4, -0.2) is 33.4 Å². The highest BCUT2D eigenvalue weighted by Crippen LogP contribution is 2.20. The van der Waals surface area contributed by atoms with E-state index in [0.717, 1.165) is 12.1 Å². The Balaban J connectivity index is 2.24. The van der Waals surface area contributed by atoms with Crippen LogP contribution in [0.3, 0.4) is 0 Å². The number of nitrogens with one attached hydrogen (secondary N) is 1. The summed E-state index contributed by atoms with van der Waals surface area (Å²) in [7, 11) is 0. The third kappa shape index (κ3) is 3.79. The lowest BCUT2D eigenvalue weighted by molar-refractivity contribution is 0.0940. The zero-order valence-electron chi connectivity index (χ0n) is 13.9. The zero-order valence-corrected chi connectivity index (χ0v) is 13.9. The van der Waals surface area contributed by atoms with Crippen molar-refractivity contribution in [3.8, 4) is 5.69 Å². The van der Waals surface area contributed by atoms with E-state index in [0.29, 0.717) is 36.3 Å². The molecule has 0 saturated heterocycles. The average molecular weight is 337 g/mol. The summed E-state index contributed by atoms with van der Waals surface area (Å²) in [5.41, 5.74) is 1.35. The summed E-state index contributed by atoms with van der Waals surface area (Å²) in [6, 6.07) is 3.20. The Hall–Kier alpha value is -2.28. The summed E-state index contributed by atoms with van der Waals surface area (Å²) in [6.07, 6.45) is 0.625. The molecule has 0 aliphatic heterocycles. The number of carbonyl (C=O) groups excluding carboxylic acids is 1. The van der Waals surface area contributed by atoms with E-state index in [4.69, 9.17) is 0 Å². The van der Waals surface area contributed by atoms with Crippen LogP contribution in [0.1, 0.15) is 41.5 Å². The maximum Gasteiger partial charge on any atom is 0.255 e. The fourth-order valence-electron chi connectivity index (χ4n) is 2.50. The van der Waals surface area contributed by atoms with Crippen LogP contribution < -0.4 is 5.32 Å². The molecule has 0 spiro atoms.